The normalized spacial score (nSPS) is 11.1. The highest BCUT2D eigenvalue weighted by molar-refractivity contribution is 9.10. The van der Waals surface area contributed by atoms with Gasteiger partial charge in [-0.3, -0.25) is 0 Å². The Morgan fingerprint density at radius 2 is 1.90 bits per heavy atom. The number of aromatic nitrogens is 2. The van der Waals surface area contributed by atoms with Crippen LogP contribution in [-0.2, 0) is 21.3 Å². The number of halogens is 1. The number of esters is 1. The minimum absolute atomic E-state index is 0.0327. The SMILES string of the molecule is COC(=O)c1ccc(S(=O)(=O)N(Cc2ccc(OC)cc2OC)c2ncns2)cc1Br. The van der Waals surface area contributed by atoms with E-state index in [4.69, 9.17) is 14.2 Å². The number of ether oxygens (including phenoxy) is 3. The lowest BCUT2D eigenvalue weighted by atomic mass is 10.2. The molecule has 0 bridgehead atoms. The first kappa shape index (κ1) is 23.0. The number of anilines is 1. The molecule has 0 radical (unpaired) electrons. The van der Waals surface area contributed by atoms with Crippen LogP contribution in [0, 0.1) is 0 Å². The summed E-state index contributed by atoms with van der Waals surface area (Å²) in [6.07, 6.45) is 1.28. The monoisotopic (exact) mass is 527 g/mol. The van der Waals surface area contributed by atoms with Crippen molar-refractivity contribution in [3.63, 3.8) is 0 Å². The predicted octanol–water partition coefficient (Wildman–Crippen LogP) is 3.50. The van der Waals surface area contributed by atoms with Gasteiger partial charge in [-0.2, -0.15) is 4.37 Å². The van der Waals surface area contributed by atoms with E-state index in [9.17, 15) is 13.2 Å². The molecule has 2 aromatic carbocycles. The second-order valence-electron chi connectivity index (χ2n) is 6.05. The third-order valence-corrected chi connectivity index (χ3v) is 7.50. The first-order valence-corrected chi connectivity index (χ1v) is 11.7. The number of methoxy groups -OCH3 is 3. The molecule has 31 heavy (non-hydrogen) atoms. The van der Waals surface area contributed by atoms with Crippen molar-refractivity contribution in [2.75, 3.05) is 25.6 Å². The molecule has 0 saturated carbocycles. The highest BCUT2D eigenvalue weighted by atomic mass is 79.9. The van der Waals surface area contributed by atoms with E-state index in [0.717, 1.165) is 15.8 Å². The minimum atomic E-state index is -4.06. The third-order valence-electron chi connectivity index (χ3n) is 4.31. The van der Waals surface area contributed by atoms with Crippen molar-refractivity contribution in [1.82, 2.24) is 9.36 Å². The molecule has 0 unspecified atom stereocenters. The van der Waals surface area contributed by atoms with Crippen LogP contribution < -0.4 is 13.8 Å². The van der Waals surface area contributed by atoms with Crippen LogP contribution in [-0.4, -0.2) is 45.1 Å². The maximum Gasteiger partial charge on any atom is 0.339 e. The zero-order chi connectivity index (χ0) is 22.6. The molecule has 0 amide bonds. The number of sulfonamides is 1. The van der Waals surface area contributed by atoms with Crippen molar-refractivity contribution in [1.29, 1.82) is 0 Å². The van der Waals surface area contributed by atoms with E-state index in [0.29, 0.717) is 21.5 Å². The van der Waals surface area contributed by atoms with Crippen molar-refractivity contribution in [2.45, 2.75) is 11.4 Å². The maximum absolute atomic E-state index is 13.5. The quantitative estimate of drug-likeness (QED) is 0.409. The van der Waals surface area contributed by atoms with E-state index < -0.39 is 16.0 Å². The number of nitrogens with zero attached hydrogens (tertiary/aromatic N) is 3. The molecule has 0 aliphatic carbocycles. The Kier molecular flexibility index (Phi) is 7.13. The van der Waals surface area contributed by atoms with Crippen LogP contribution in [0.25, 0.3) is 0 Å². The fourth-order valence-electron chi connectivity index (χ4n) is 2.73. The summed E-state index contributed by atoms with van der Waals surface area (Å²) in [6.45, 7) is -0.0545. The van der Waals surface area contributed by atoms with Crippen LogP contribution in [0.1, 0.15) is 15.9 Å². The molecule has 12 heteroatoms. The van der Waals surface area contributed by atoms with E-state index in [1.54, 1.807) is 18.2 Å². The van der Waals surface area contributed by atoms with Gasteiger partial charge >= 0.3 is 5.97 Å². The Hall–Kier alpha value is -2.70. The number of rotatable bonds is 8. The maximum atomic E-state index is 13.5. The summed E-state index contributed by atoms with van der Waals surface area (Å²) in [5, 5.41) is 0.186. The van der Waals surface area contributed by atoms with Gasteiger partial charge in [0.1, 0.15) is 17.8 Å². The Labute approximate surface area is 191 Å². The second kappa shape index (κ2) is 9.62. The predicted molar refractivity (Wildman–Crippen MR) is 118 cm³/mol. The molecule has 0 fully saturated rings. The van der Waals surface area contributed by atoms with Gasteiger partial charge in [-0.05, 0) is 46.3 Å². The minimum Gasteiger partial charge on any atom is -0.497 e. The average molecular weight is 528 g/mol. The lowest BCUT2D eigenvalue weighted by molar-refractivity contribution is 0.0599. The molecule has 9 nitrogen and oxygen atoms in total. The van der Waals surface area contributed by atoms with E-state index in [1.807, 2.05) is 0 Å². The van der Waals surface area contributed by atoms with Gasteiger partial charge in [-0.25, -0.2) is 22.5 Å². The summed E-state index contributed by atoms with van der Waals surface area (Å²) in [7, 11) is 0.207. The topological polar surface area (TPSA) is 108 Å². The Morgan fingerprint density at radius 1 is 1.13 bits per heavy atom. The van der Waals surface area contributed by atoms with Crippen molar-refractivity contribution in [3.8, 4) is 11.5 Å². The van der Waals surface area contributed by atoms with Gasteiger partial charge in [0.15, 0.2) is 0 Å². The highest BCUT2D eigenvalue weighted by Gasteiger charge is 2.29. The summed E-state index contributed by atoms with van der Waals surface area (Å²) in [6, 6.07) is 9.17. The van der Waals surface area contributed by atoms with Gasteiger partial charge in [0.05, 0.1) is 38.3 Å². The second-order valence-corrected chi connectivity index (χ2v) is 9.52. The van der Waals surface area contributed by atoms with Crippen molar-refractivity contribution in [3.05, 3.63) is 58.3 Å². The molecule has 0 aliphatic heterocycles. The molecule has 1 aromatic heterocycles. The van der Waals surface area contributed by atoms with E-state index in [1.165, 1.54) is 45.9 Å². The summed E-state index contributed by atoms with van der Waals surface area (Å²) in [5.74, 6) is 0.458. The molecule has 164 valence electrons. The molecule has 3 rings (SSSR count). The van der Waals surface area contributed by atoms with Gasteiger partial charge in [-0.15, -0.1) is 0 Å². The fraction of sp³-hybridized carbons (Fsp3) is 0.211. The van der Waals surface area contributed by atoms with Crippen LogP contribution in [0.2, 0.25) is 0 Å². The van der Waals surface area contributed by atoms with Gasteiger partial charge < -0.3 is 14.2 Å². The Bertz CT molecular complexity index is 1190. The largest absolute Gasteiger partial charge is 0.497 e. The van der Waals surface area contributed by atoms with Gasteiger partial charge in [0.2, 0.25) is 5.13 Å². The van der Waals surface area contributed by atoms with Crippen molar-refractivity contribution < 1.29 is 27.4 Å². The van der Waals surface area contributed by atoms with Gasteiger partial charge in [0, 0.05) is 27.6 Å². The van der Waals surface area contributed by atoms with Crippen LogP contribution >= 0.6 is 27.5 Å². The highest BCUT2D eigenvalue weighted by Crippen LogP contribution is 2.32. The number of carbonyl (C=O) groups is 1. The van der Waals surface area contributed by atoms with Crippen LogP contribution in [0.3, 0.4) is 0 Å². The Balaban J connectivity index is 2.06. The summed E-state index contributed by atoms with van der Waals surface area (Å²) >= 11 is 4.18. The van der Waals surface area contributed by atoms with E-state index in [-0.39, 0.29) is 22.1 Å². The lowest BCUT2D eigenvalue weighted by Crippen LogP contribution is -2.30. The smallest absolute Gasteiger partial charge is 0.339 e. The molecule has 1 heterocycles. The first-order valence-electron chi connectivity index (χ1n) is 8.70. The molecule has 0 spiro atoms. The van der Waals surface area contributed by atoms with E-state index in [2.05, 4.69) is 25.3 Å². The molecular formula is C19H18BrN3O6S2. The van der Waals surface area contributed by atoms with Gasteiger partial charge in [-0.1, -0.05) is 0 Å². The van der Waals surface area contributed by atoms with E-state index >= 15 is 0 Å². The molecule has 3 aromatic rings. The number of hydrogen-bond acceptors (Lipinski definition) is 9. The molecule has 0 atom stereocenters. The van der Waals surface area contributed by atoms with Crippen LogP contribution in [0.5, 0.6) is 11.5 Å². The third kappa shape index (κ3) is 4.81. The average Bonchev–Trinajstić information content (AvgIpc) is 3.31. The Morgan fingerprint density at radius 3 is 2.48 bits per heavy atom. The fourth-order valence-corrected chi connectivity index (χ4v) is 5.58. The molecular weight excluding hydrogens is 510 g/mol. The number of benzene rings is 2. The van der Waals surface area contributed by atoms with Crippen molar-refractivity contribution >= 4 is 48.6 Å². The van der Waals surface area contributed by atoms with Crippen LogP contribution in [0.4, 0.5) is 5.13 Å². The van der Waals surface area contributed by atoms with Crippen LogP contribution in [0.15, 0.2) is 52.1 Å². The summed E-state index contributed by atoms with van der Waals surface area (Å²) in [4.78, 5) is 15.9. The molecule has 0 N–H and O–H groups in total. The van der Waals surface area contributed by atoms with Gasteiger partial charge in [0.25, 0.3) is 10.0 Å². The number of carbonyl (C=O) groups excluding carboxylic acids is 1. The summed E-state index contributed by atoms with van der Waals surface area (Å²) < 4.78 is 47.7. The molecule has 0 aliphatic rings. The zero-order valence-electron chi connectivity index (χ0n) is 16.7. The standard InChI is InChI=1S/C19H18BrN3O6S2/c1-27-13-5-4-12(17(8-13)28-2)10-23(19-21-11-22-30-19)31(25,26)14-6-7-15(16(20)9-14)18(24)29-3/h4-9,11H,10H2,1-3H3. The first-order chi connectivity index (χ1) is 14.8. The summed E-state index contributed by atoms with van der Waals surface area (Å²) in [5.41, 5.74) is 0.813. The van der Waals surface area contributed by atoms with Crippen molar-refractivity contribution in [2.24, 2.45) is 0 Å². The molecule has 0 saturated heterocycles. The number of hydrogen-bond donors (Lipinski definition) is 0. The lowest BCUT2D eigenvalue weighted by Gasteiger charge is -2.23. The zero-order valence-corrected chi connectivity index (χ0v) is 20.0.